The Bertz CT molecular complexity index is 536. The van der Waals surface area contributed by atoms with E-state index < -0.39 is 10.7 Å². The highest BCUT2D eigenvalue weighted by Crippen LogP contribution is 2.34. The zero-order valence-corrected chi connectivity index (χ0v) is 11.1. The number of halogens is 1. The molecule has 0 aliphatic heterocycles. The summed E-state index contributed by atoms with van der Waals surface area (Å²) >= 11 is 0. The Hall–Kier alpha value is -2.53. The zero-order valence-electron chi connectivity index (χ0n) is 11.1. The van der Waals surface area contributed by atoms with Gasteiger partial charge in [0.2, 0.25) is 0 Å². The van der Waals surface area contributed by atoms with Gasteiger partial charge in [-0.3, -0.25) is 10.1 Å². The van der Waals surface area contributed by atoms with Gasteiger partial charge in [-0.1, -0.05) is 19.1 Å². The van der Waals surface area contributed by atoms with E-state index in [-0.39, 0.29) is 29.6 Å². The quantitative estimate of drug-likeness (QED) is 0.471. The van der Waals surface area contributed by atoms with Crippen molar-refractivity contribution in [1.29, 1.82) is 0 Å². The van der Waals surface area contributed by atoms with Crippen LogP contribution in [0.25, 0.3) is 0 Å². The fraction of sp³-hybridized carbons (Fsp3) is 0.308. The largest absolute Gasteiger partial charge is 0.490 e. The molecule has 1 aromatic carbocycles. The maximum atomic E-state index is 13.6. The minimum absolute atomic E-state index is 0.0289. The van der Waals surface area contributed by atoms with Crippen LogP contribution in [0.2, 0.25) is 0 Å². The monoisotopic (exact) mass is 283 g/mol. The van der Waals surface area contributed by atoms with Crippen LogP contribution < -0.4 is 4.74 Å². The van der Waals surface area contributed by atoms with E-state index >= 15 is 0 Å². The van der Waals surface area contributed by atoms with Crippen LogP contribution in [0.4, 0.5) is 10.1 Å². The molecule has 0 saturated carbocycles. The number of hydrogen-bond acceptors (Lipinski definition) is 5. The highest BCUT2D eigenvalue weighted by molar-refractivity contribution is 5.54. The summed E-state index contributed by atoms with van der Waals surface area (Å²) in [5.41, 5.74) is 0.448. The molecule has 20 heavy (non-hydrogen) atoms. The van der Waals surface area contributed by atoms with Crippen molar-refractivity contribution in [3.63, 3.8) is 0 Å². The molecule has 0 aliphatic rings. The number of methoxy groups -OCH3 is 1. The minimum atomic E-state index is -0.625. The Labute approximate surface area is 115 Å². The second-order valence-corrected chi connectivity index (χ2v) is 3.70. The highest BCUT2D eigenvalue weighted by atomic mass is 19.1. The number of rotatable bonds is 5. The predicted molar refractivity (Wildman–Crippen MR) is 67.7 cm³/mol. The van der Waals surface area contributed by atoms with Crippen molar-refractivity contribution in [2.75, 3.05) is 7.11 Å². The first-order valence-corrected chi connectivity index (χ1v) is 5.58. The lowest BCUT2D eigenvalue weighted by Crippen LogP contribution is -2.03. The zero-order chi connectivity index (χ0) is 15.7. The smallest absolute Gasteiger partial charge is 0.373 e. The van der Waals surface area contributed by atoms with Crippen molar-refractivity contribution >= 4 is 11.8 Å². The van der Waals surface area contributed by atoms with Crippen LogP contribution >= 0.6 is 0 Å². The van der Waals surface area contributed by atoms with Gasteiger partial charge in [0.15, 0.2) is 5.75 Å². The van der Waals surface area contributed by atoms with Crippen molar-refractivity contribution in [2.45, 2.75) is 19.8 Å². The number of nitrogens with zero attached hydrogens (tertiary/aromatic N) is 1. The molecular formula is C13H14FNO5. The lowest BCUT2D eigenvalue weighted by Gasteiger charge is -2.09. The summed E-state index contributed by atoms with van der Waals surface area (Å²) in [6, 6.07) is 2.43. The van der Waals surface area contributed by atoms with Crippen molar-refractivity contribution in [3.05, 3.63) is 45.8 Å². The first kappa shape index (κ1) is 17.5. The van der Waals surface area contributed by atoms with Crippen molar-refractivity contribution in [2.24, 2.45) is 0 Å². The van der Waals surface area contributed by atoms with E-state index in [0.29, 0.717) is 6.42 Å². The average Bonchev–Trinajstić information content (AvgIpc) is 2.41. The first-order valence-electron chi connectivity index (χ1n) is 5.58. The predicted octanol–water partition coefficient (Wildman–Crippen LogP) is 2.67. The molecule has 1 aromatic rings. The topological polar surface area (TPSA) is 86.5 Å². The second kappa shape index (κ2) is 8.55. The van der Waals surface area contributed by atoms with Crippen molar-refractivity contribution in [1.82, 2.24) is 0 Å². The fourth-order valence-electron chi connectivity index (χ4n) is 1.50. The fourth-order valence-corrected chi connectivity index (χ4v) is 1.50. The molecule has 0 unspecified atom stereocenters. The van der Waals surface area contributed by atoms with Gasteiger partial charge < -0.3 is 4.74 Å². The lowest BCUT2D eigenvalue weighted by atomic mass is 10.0. The summed E-state index contributed by atoms with van der Waals surface area (Å²) in [7, 11) is 1.32. The number of nitro benzene ring substituents is 1. The molecule has 0 bridgehead atoms. The van der Waals surface area contributed by atoms with E-state index in [1.54, 1.807) is 0 Å². The molecule has 6 nitrogen and oxygen atoms in total. The lowest BCUT2D eigenvalue weighted by molar-refractivity contribution is -0.386. The van der Waals surface area contributed by atoms with Crippen molar-refractivity contribution in [3.8, 4) is 5.75 Å². The van der Waals surface area contributed by atoms with Gasteiger partial charge in [0, 0.05) is 6.42 Å². The number of ether oxygens (including phenoxy) is 1. The van der Waals surface area contributed by atoms with E-state index in [1.807, 2.05) is 6.92 Å². The summed E-state index contributed by atoms with van der Waals surface area (Å²) in [6.45, 7) is 5.60. The van der Waals surface area contributed by atoms with E-state index in [4.69, 9.17) is 14.3 Å². The maximum Gasteiger partial charge on any atom is 0.373 e. The second-order valence-electron chi connectivity index (χ2n) is 3.70. The average molecular weight is 283 g/mol. The van der Waals surface area contributed by atoms with E-state index in [2.05, 4.69) is 6.58 Å². The van der Waals surface area contributed by atoms with Gasteiger partial charge >= 0.3 is 11.8 Å². The van der Waals surface area contributed by atoms with Gasteiger partial charge in [0.1, 0.15) is 5.82 Å². The van der Waals surface area contributed by atoms with Crippen molar-refractivity contribution < 1.29 is 23.6 Å². The molecule has 1 rings (SSSR count). The van der Waals surface area contributed by atoms with E-state index in [1.165, 1.54) is 19.2 Å². The SMILES string of the molecule is C=C(CC)Cc1c(F)ccc(OC)c1[N+](=O)[O-].O=C=O. The Balaban J connectivity index is 0.00000110. The summed E-state index contributed by atoms with van der Waals surface area (Å²) in [5, 5.41) is 11.0. The molecule has 0 radical (unpaired) electrons. The molecule has 0 N–H and O–H groups in total. The van der Waals surface area contributed by atoms with Crippen LogP contribution in [0.1, 0.15) is 18.9 Å². The third-order valence-electron chi connectivity index (χ3n) is 2.52. The van der Waals surface area contributed by atoms with Crippen LogP contribution in [0.3, 0.4) is 0 Å². The molecule has 108 valence electrons. The first-order chi connectivity index (χ1) is 9.42. The summed E-state index contributed by atoms with van der Waals surface area (Å²) in [6.07, 6.45) is 1.05. The van der Waals surface area contributed by atoms with E-state index in [0.717, 1.165) is 5.57 Å². The van der Waals surface area contributed by atoms with Crippen LogP contribution in [0.15, 0.2) is 24.3 Å². The molecule has 0 atom stereocenters. The van der Waals surface area contributed by atoms with Crippen LogP contribution in [0, 0.1) is 15.9 Å². The number of nitro groups is 1. The van der Waals surface area contributed by atoms with E-state index in [9.17, 15) is 14.5 Å². The number of hydrogen-bond donors (Lipinski definition) is 0. The normalized spacial score (nSPS) is 8.95. The summed E-state index contributed by atoms with van der Waals surface area (Å²) < 4.78 is 18.5. The van der Waals surface area contributed by atoms with Gasteiger partial charge in [-0.25, -0.2) is 4.39 Å². The molecule has 0 fully saturated rings. The standard InChI is InChI=1S/C12H14FNO3.CO2/c1-4-8(2)7-9-10(13)5-6-11(17-3)12(9)14(15)16;2-1-3/h5-6H,2,4,7H2,1,3H3;. The summed E-state index contributed by atoms with van der Waals surface area (Å²) in [5.74, 6) is -0.539. The molecule has 0 spiro atoms. The molecule has 0 aliphatic carbocycles. The summed E-state index contributed by atoms with van der Waals surface area (Å²) in [4.78, 5) is 26.6. The molecular weight excluding hydrogens is 269 g/mol. The highest BCUT2D eigenvalue weighted by Gasteiger charge is 2.24. The molecule has 0 aromatic heterocycles. The number of benzene rings is 1. The van der Waals surface area contributed by atoms with Gasteiger partial charge in [0.25, 0.3) is 0 Å². The van der Waals surface area contributed by atoms with Crippen LogP contribution in [-0.4, -0.2) is 18.2 Å². The Morgan fingerprint density at radius 3 is 2.45 bits per heavy atom. The molecule has 7 heteroatoms. The number of allylic oxidation sites excluding steroid dienone is 1. The molecule has 0 amide bonds. The molecule has 0 saturated heterocycles. The minimum Gasteiger partial charge on any atom is -0.490 e. The Kier molecular flexibility index (Phi) is 7.47. The van der Waals surface area contributed by atoms with Gasteiger partial charge in [-0.15, -0.1) is 0 Å². The maximum absolute atomic E-state index is 13.6. The van der Waals surface area contributed by atoms with Gasteiger partial charge in [0.05, 0.1) is 17.6 Å². The van der Waals surface area contributed by atoms with Gasteiger partial charge in [-0.2, -0.15) is 9.59 Å². The van der Waals surface area contributed by atoms with Crippen LogP contribution in [0.5, 0.6) is 5.75 Å². The third kappa shape index (κ3) is 4.62. The van der Waals surface area contributed by atoms with Crippen LogP contribution in [-0.2, 0) is 16.0 Å². The number of carbonyl (C=O) groups excluding carboxylic acids is 2. The third-order valence-corrected chi connectivity index (χ3v) is 2.52. The Morgan fingerprint density at radius 1 is 1.50 bits per heavy atom. The Morgan fingerprint density at radius 2 is 2.05 bits per heavy atom. The molecule has 0 heterocycles. The van der Waals surface area contributed by atoms with Gasteiger partial charge in [-0.05, 0) is 18.6 Å².